The van der Waals surface area contributed by atoms with E-state index in [9.17, 15) is 50.7 Å². The second-order valence-corrected chi connectivity index (χ2v) is 11.5. The zero-order chi connectivity index (χ0) is 34.5. The average molecular weight is 659 g/mol. The molecule has 3 aliphatic rings. The maximum Gasteiger partial charge on any atom is 0.337 e. The standard InChI is InChI=1S/C17H20N2O4.C12H22O11/c1-11(2)23-16(20)15-12(3)18-9-8-17(15,4)13-6-5-7-14(10-13)19(21)22;13-1-3-5(15)6(16)9(19)12(22-3)23-10-4(2-14)21-11(20)8(18)7(10)17/h5-11,18H,1-4H3;3-20H,1-2H2/t;3-,4-,5+,6+,7-,8-,9-,10-,11-,12+/m.1/s1. The Labute approximate surface area is 264 Å². The van der Waals surface area contributed by atoms with Crippen LogP contribution in [0.4, 0.5) is 5.69 Å². The first-order valence-electron chi connectivity index (χ1n) is 14.4. The van der Waals surface area contributed by atoms with Crippen LogP contribution in [0.5, 0.6) is 0 Å². The topological polar surface area (TPSA) is 271 Å². The summed E-state index contributed by atoms with van der Waals surface area (Å²) in [6, 6.07) is 6.32. The molecule has 46 heavy (non-hydrogen) atoms. The first-order valence-corrected chi connectivity index (χ1v) is 14.4. The Bertz CT molecular complexity index is 1270. The van der Waals surface area contributed by atoms with Gasteiger partial charge in [0.25, 0.3) is 5.69 Å². The number of non-ortho nitro benzene ring substituents is 1. The smallest absolute Gasteiger partial charge is 0.337 e. The van der Waals surface area contributed by atoms with Crippen LogP contribution in [0.2, 0.25) is 0 Å². The molecule has 11 atom stereocenters. The molecular weight excluding hydrogens is 616 g/mol. The van der Waals surface area contributed by atoms with Gasteiger partial charge < -0.3 is 65.1 Å². The molecule has 0 aromatic heterocycles. The highest BCUT2D eigenvalue weighted by Gasteiger charge is 2.50. The van der Waals surface area contributed by atoms with E-state index in [1.165, 1.54) is 12.1 Å². The van der Waals surface area contributed by atoms with Gasteiger partial charge in [-0.25, -0.2) is 4.79 Å². The molecule has 0 radical (unpaired) electrons. The van der Waals surface area contributed by atoms with E-state index in [-0.39, 0.29) is 11.8 Å². The molecule has 9 N–H and O–H groups in total. The Balaban J connectivity index is 0.000000250. The van der Waals surface area contributed by atoms with Crippen molar-refractivity contribution in [2.24, 2.45) is 0 Å². The Morgan fingerprint density at radius 2 is 1.65 bits per heavy atom. The van der Waals surface area contributed by atoms with Crippen molar-refractivity contribution in [2.75, 3.05) is 13.2 Å². The van der Waals surface area contributed by atoms with Crippen LogP contribution in [0.1, 0.15) is 33.3 Å². The first-order chi connectivity index (χ1) is 21.6. The summed E-state index contributed by atoms with van der Waals surface area (Å²) < 4.78 is 20.6. The summed E-state index contributed by atoms with van der Waals surface area (Å²) in [7, 11) is 0. The summed E-state index contributed by atoms with van der Waals surface area (Å²) in [6.07, 6.45) is -12.3. The quantitative estimate of drug-likeness (QED) is 0.0814. The summed E-state index contributed by atoms with van der Waals surface area (Å²) >= 11 is 0. The lowest BCUT2D eigenvalue weighted by Gasteiger charge is -2.45. The fourth-order valence-corrected chi connectivity index (χ4v) is 5.27. The van der Waals surface area contributed by atoms with Crippen molar-refractivity contribution in [2.45, 2.75) is 101 Å². The first kappa shape index (κ1) is 37.4. The minimum Gasteiger partial charge on any atom is -0.460 e. The van der Waals surface area contributed by atoms with Crippen LogP contribution in [0.25, 0.3) is 0 Å². The maximum absolute atomic E-state index is 12.5. The van der Waals surface area contributed by atoms with Crippen LogP contribution in [0.15, 0.2) is 47.8 Å². The van der Waals surface area contributed by atoms with E-state index in [0.717, 1.165) is 0 Å². The fraction of sp³-hybridized carbons (Fsp3) is 0.621. The van der Waals surface area contributed by atoms with Crippen molar-refractivity contribution in [1.82, 2.24) is 5.32 Å². The summed E-state index contributed by atoms with van der Waals surface area (Å²) in [5, 5.41) is 90.5. The summed E-state index contributed by atoms with van der Waals surface area (Å²) in [6.45, 7) is 5.86. The third kappa shape index (κ3) is 8.07. The van der Waals surface area contributed by atoms with Gasteiger partial charge in [-0.2, -0.15) is 0 Å². The number of dihydropyridines is 1. The van der Waals surface area contributed by atoms with E-state index in [1.54, 1.807) is 39.1 Å². The number of allylic oxidation sites excluding steroid dienone is 2. The number of aliphatic hydroxyl groups excluding tert-OH is 8. The number of nitro groups is 1. The number of carbonyl (C=O) groups excluding carboxylic acids is 1. The number of esters is 1. The predicted octanol–water partition coefficient (Wildman–Crippen LogP) is -2.20. The molecule has 0 saturated carbocycles. The monoisotopic (exact) mass is 658 g/mol. The molecule has 0 aliphatic carbocycles. The van der Waals surface area contributed by atoms with Gasteiger partial charge in [0.05, 0.1) is 29.8 Å². The van der Waals surface area contributed by atoms with Crippen LogP contribution in [-0.4, -0.2) is 132 Å². The fourth-order valence-electron chi connectivity index (χ4n) is 5.27. The van der Waals surface area contributed by atoms with Crippen molar-refractivity contribution >= 4 is 11.7 Å². The Morgan fingerprint density at radius 1 is 1.00 bits per heavy atom. The summed E-state index contributed by atoms with van der Waals surface area (Å²) in [5.41, 5.74) is 0.985. The SMILES string of the molecule is CC1=C(C(=O)OC(C)C)C(C)(c2cccc([N+](=O)[O-])c2)C=CN1.OC[C@H]1O[C@@H](O[C@H]2[C@H](O)[C@@H](O)[C@H](O)O[C@@H]2CO)[C@H](O)[C@@H](O)[C@H]1O. The van der Waals surface area contributed by atoms with Crippen LogP contribution in [-0.2, 0) is 29.2 Å². The molecule has 17 heteroatoms. The second kappa shape index (κ2) is 15.7. The highest BCUT2D eigenvalue weighted by molar-refractivity contribution is 5.93. The van der Waals surface area contributed by atoms with Gasteiger partial charge in [0.1, 0.15) is 48.8 Å². The third-order valence-electron chi connectivity index (χ3n) is 7.79. The van der Waals surface area contributed by atoms with E-state index in [4.69, 9.17) is 24.1 Å². The van der Waals surface area contributed by atoms with Crippen LogP contribution >= 0.6 is 0 Å². The number of hydrogen-bond donors (Lipinski definition) is 9. The Morgan fingerprint density at radius 3 is 2.24 bits per heavy atom. The molecule has 3 heterocycles. The van der Waals surface area contributed by atoms with Crippen molar-refractivity contribution in [1.29, 1.82) is 0 Å². The number of nitrogens with one attached hydrogen (secondary N) is 1. The molecule has 0 spiro atoms. The molecule has 1 aromatic carbocycles. The normalized spacial score (nSPS) is 36.0. The molecule has 0 bridgehead atoms. The highest BCUT2D eigenvalue weighted by atomic mass is 16.7. The molecule has 258 valence electrons. The van der Waals surface area contributed by atoms with Gasteiger partial charge in [-0.05, 0) is 39.5 Å². The second-order valence-electron chi connectivity index (χ2n) is 11.5. The molecule has 3 aliphatic heterocycles. The maximum atomic E-state index is 12.5. The van der Waals surface area contributed by atoms with E-state index in [2.05, 4.69) is 5.32 Å². The third-order valence-corrected chi connectivity index (χ3v) is 7.79. The van der Waals surface area contributed by atoms with E-state index < -0.39 is 90.9 Å². The number of rotatable bonds is 8. The molecule has 17 nitrogen and oxygen atoms in total. The molecule has 2 fully saturated rings. The lowest BCUT2D eigenvalue weighted by molar-refractivity contribution is -0.384. The number of carbonyl (C=O) groups is 1. The van der Waals surface area contributed by atoms with Crippen molar-refractivity contribution in [3.05, 3.63) is 63.5 Å². The molecular formula is C29H42N2O15. The summed E-state index contributed by atoms with van der Waals surface area (Å²) in [4.78, 5) is 23.1. The highest BCUT2D eigenvalue weighted by Crippen LogP contribution is 2.39. The molecule has 1 aromatic rings. The van der Waals surface area contributed by atoms with E-state index in [0.29, 0.717) is 16.8 Å². The molecule has 1 unspecified atom stereocenters. The Hall–Kier alpha value is -3.07. The van der Waals surface area contributed by atoms with Gasteiger partial charge in [-0.3, -0.25) is 10.1 Å². The summed E-state index contributed by atoms with van der Waals surface area (Å²) in [5.74, 6) is -0.427. The minimum absolute atomic E-state index is 0.00936. The predicted molar refractivity (Wildman–Crippen MR) is 155 cm³/mol. The zero-order valence-electron chi connectivity index (χ0n) is 25.6. The largest absolute Gasteiger partial charge is 0.460 e. The van der Waals surface area contributed by atoms with Gasteiger partial charge in [-0.15, -0.1) is 0 Å². The van der Waals surface area contributed by atoms with Gasteiger partial charge in [0.15, 0.2) is 12.6 Å². The molecule has 0 amide bonds. The number of ether oxygens (including phenoxy) is 4. The van der Waals surface area contributed by atoms with Gasteiger partial charge >= 0.3 is 5.97 Å². The van der Waals surface area contributed by atoms with Crippen LogP contribution in [0, 0.1) is 10.1 Å². The zero-order valence-corrected chi connectivity index (χ0v) is 25.6. The molecule has 4 rings (SSSR count). The van der Waals surface area contributed by atoms with Gasteiger partial charge in [0.2, 0.25) is 0 Å². The lowest BCUT2D eigenvalue weighted by Crippen LogP contribution is -2.64. The minimum atomic E-state index is -1.74. The number of nitrogens with zero attached hydrogens (tertiary/aromatic N) is 1. The van der Waals surface area contributed by atoms with Gasteiger partial charge in [-0.1, -0.05) is 18.2 Å². The van der Waals surface area contributed by atoms with E-state index in [1.807, 2.05) is 13.0 Å². The lowest BCUT2D eigenvalue weighted by atomic mass is 9.73. The van der Waals surface area contributed by atoms with Crippen molar-refractivity contribution < 1.29 is 69.5 Å². The van der Waals surface area contributed by atoms with Crippen LogP contribution < -0.4 is 5.32 Å². The van der Waals surface area contributed by atoms with E-state index >= 15 is 0 Å². The van der Waals surface area contributed by atoms with Gasteiger partial charge in [0, 0.05) is 23.2 Å². The number of hydrogen-bond acceptors (Lipinski definition) is 16. The van der Waals surface area contributed by atoms with Crippen molar-refractivity contribution in [3.63, 3.8) is 0 Å². The number of nitro benzene ring substituents is 1. The average Bonchev–Trinajstić information content (AvgIpc) is 3.01. The van der Waals surface area contributed by atoms with Crippen LogP contribution in [0.3, 0.4) is 0 Å². The Kier molecular flexibility index (Phi) is 12.7. The van der Waals surface area contributed by atoms with Crippen molar-refractivity contribution in [3.8, 4) is 0 Å². The molecule has 2 saturated heterocycles. The number of aliphatic hydroxyl groups is 8. The number of benzene rings is 1.